The Hall–Kier alpha value is -3.18. The zero-order valence-corrected chi connectivity index (χ0v) is 17.2. The van der Waals surface area contributed by atoms with Crippen molar-refractivity contribution in [1.29, 1.82) is 0 Å². The van der Waals surface area contributed by atoms with E-state index in [0.29, 0.717) is 0 Å². The number of carboxylic acids is 4. The van der Waals surface area contributed by atoms with Crippen LogP contribution in [-0.2, 0) is 63.4 Å². The smallest absolute Gasteiger partial charge is 0.550 e. The molecule has 2 aromatic heterocycles. The van der Waals surface area contributed by atoms with E-state index in [1.807, 2.05) is 14.1 Å². The van der Waals surface area contributed by atoms with Crippen LogP contribution in [0.5, 0.6) is 0 Å². The van der Waals surface area contributed by atoms with Gasteiger partial charge >= 0.3 is 17.1 Å². The molecule has 0 aliphatic carbocycles. The Kier molecular flexibility index (Phi) is 17.9. The first-order valence-corrected chi connectivity index (χ1v) is 7.60. The fourth-order valence-corrected chi connectivity index (χ4v) is 1.49. The van der Waals surface area contributed by atoms with Crippen LogP contribution in [0.15, 0.2) is 37.4 Å². The van der Waals surface area contributed by atoms with E-state index >= 15 is 0 Å². The maximum atomic E-state index is 10.0. The normalized spacial score (nSPS) is 8.41. The molecule has 165 valence electrons. The number of aromatic nitrogens is 4. The van der Waals surface area contributed by atoms with Crippen LogP contribution in [0, 0.1) is 0 Å². The average molecular weight is 462 g/mol. The largest absolute Gasteiger partial charge is 2.00 e. The van der Waals surface area contributed by atoms with E-state index in [-0.39, 0.29) is 30.2 Å². The van der Waals surface area contributed by atoms with Gasteiger partial charge in [0.05, 0.1) is 26.0 Å². The molecule has 0 aromatic carbocycles. The summed E-state index contributed by atoms with van der Waals surface area (Å²) < 4.78 is 6.61. The van der Waals surface area contributed by atoms with Crippen molar-refractivity contribution in [3.8, 4) is 0 Å². The Morgan fingerprint density at radius 3 is 1.10 bits per heavy atom. The van der Waals surface area contributed by atoms with Crippen LogP contribution in [0.4, 0.5) is 0 Å². The average Bonchev–Trinajstić information content (AvgIpc) is 3.06. The van der Waals surface area contributed by atoms with Crippen LogP contribution in [0.25, 0.3) is 0 Å². The molecule has 0 aliphatic rings. The summed E-state index contributed by atoms with van der Waals surface area (Å²) in [7, 11) is 3.65. The van der Waals surface area contributed by atoms with Crippen LogP contribution in [0.1, 0.15) is 13.8 Å². The number of carboxylic acid groups (broad SMARTS) is 4. The molecule has 0 fully saturated rings. The van der Waals surface area contributed by atoms with Gasteiger partial charge in [-0.05, 0) is 13.8 Å². The molecule has 29 heavy (non-hydrogen) atoms. The third kappa shape index (κ3) is 24.8. The third-order valence-electron chi connectivity index (χ3n) is 2.27. The van der Waals surface area contributed by atoms with Gasteiger partial charge < -0.3 is 39.6 Å². The van der Waals surface area contributed by atoms with Crippen LogP contribution in [-0.4, -0.2) is 33.0 Å². The summed E-state index contributed by atoms with van der Waals surface area (Å²) in [6, 6.07) is 0. The van der Waals surface area contributed by atoms with Crippen molar-refractivity contribution >= 4 is 23.9 Å². The van der Waals surface area contributed by atoms with Crippen LogP contribution < -0.4 is 29.6 Å². The number of nitrogens with zero attached hydrogens (tertiary/aromatic N) is 4. The maximum absolute atomic E-state index is 10.0. The Balaban J connectivity index is -0.000000336. The van der Waals surface area contributed by atoms with Crippen LogP contribution >= 0.6 is 0 Å². The van der Waals surface area contributed by atoms with E-state index < -0.39 is 23.9 Å². The molecule has 1 radical (unpaired) electrons. The molecule has 0 saturated heterocycles. The van der Waals surface area contributed by atoms with Gasteiger partial charge in [-0.15, -0.1) is 0 Å². The van der Waals surface area contributed by atoms with E-state index in [0.717, 1.165) is 13.8 Å². The summed E-state index contributed by atoms with van der Waals surface area (Å²) in [5.74, 6) is -4.31. The zero-order valence-electron chi connectivity index (χ0n) is 16.2. The quantitative estimate of drug-likeness (QED) is 0.318. The van der Waals surface area contributed by atoms with E-state index in [2.05, 4.69) is 0 Å². The summed E-state index contributed by atoms with van der Waals surface area (Å²) in [5.41, 5.74) is 0. The molecular weight excluding hydrogens is 440 g/mol. The second-order valence-corrected chi connectivity index (χ2v) is 5.23. The summed E-state index contributed by atoms with van der Waals surface area (Å²) in [5, 5.41) is 37.9. The molecule has 0 N–H and O–H groups in total. The van der Waals surface area contributed by atoms with Gasteiger partial charge in [0.1, 0.15) is 37.9 Å². The van der Waals surface area contributed by atoms with Gasteiger partial charge in [0.25, 0.3) is 0 Å². The molecule has 0 spiro atoms. The van der Waals surface area contributed by atoms with Crippen molar-refractivity contribution < 1.29 is 65.8 Å². The minimum atomic E-state index is -1.08. The number of imidazole rings is 2. The number of rotatable bonds is 4. The van der Waals surface area contributed by atoms with Crippen molar-refractivity contribution in [1.82, 2.24) is 9.13 Å². The standard InChI is InChI=1S/2C6H8N2O2.2C2H4O2.Cu/c2*1-7-2-3-8(5-7)4-6(9)10;2*1-2(3)4;/h2*2-3,5H,4H2,1H3;2*1H3,(H,3,4);/q;;;;+2/p-2. The third-order valence-corrected chi connectivity index (χ3v) is 2.27. The SMILES string of the molecule is CC(=O)[O-].CC(=O)[O-].C[n+]1ccn(CC(=O)[O-])c1.C[n+]1ccn(CC(=O)[O-])c1.[Cu+2]. The minimum Gasteiger partial charge on any atom is -0.550 e. The van der Waals surface area contributed by atoms with Crippen molar-refractivity contribution in [2.24, 2.45) is 14.1 Å². The second-order valence-electron chi connectivity index (χ2n) is 5.23. The Morgan fingerprint density at radius 2 is 0.966 bits per heavy atom. The first kappa shape index (κ1) is 30.5. The number of aliphatic carboxylic acids is 4. The van der Waals surface area contributed by atoms with Crippen molar-refractivity contribution in [2.45, 2.75) is 26.9 Å². The predicted octanol–water partition coefficient (Wildman–Crippen LogP) is -6.37. The fourth-order valence-electron chi connectivity index (χ4n) is 1.49. The number of aryl methyl sites for hydroxylation is 2. The van der Waals surface area contributed by atoms with Gasteiger partial charge in [0, 0.05) is 11.9 Å². The topological polar surface area (TPSA) is 178 Å². The number of hydrogen-bond acceptors (Lipinski definition) is 8. The predicted molar refractivity (Wildman–Crippen MR) is 82.6 cm³/mol. The van der Waals surface area contributed by atoms with Crippen molar-refractivity contribution in [3.63, 3.8) is 0 Å². The molecule has 0 atom stereocenters. The molecule has 0 bridgehead atoms. The van der Waals surface area contributed by atoms with E-state index in [9.17, 15) is 19.8 Å². The molecule has 0 saturated carbocycles. The zero-order chi connectivity index (χ0) is 22.3. The van der Waals surface area contributed by atoms with Gasteiger partial charge in [-0.2, -0.15) is 0 Å². The molecule has 2 aromatic rings. The van der Waals surface area contributed by atoms with E-state index in [4.69, 9.17) is 19.8 Å². The van der Waals surface area contributed by atoms with Gasteiger partial charge in [0.15, 0.2) is 0 Å². The summed E-state index contributed by atoms with van der Waals surface area (Å²) >= 11 is 0. The van der Waals surface area contributed by atoms with Gasteiger partial charge in [-0.1, -0.05) is 0 Å². The summed E-state index contributed by atoms with van der Waals surface area (Å²) in [6.07, 6.45) is 10.2. The molecule has 2 rings (SSSR count). The molecule has 0 unspecified atom stereocenters. The maximum Gasteiger partial charge on any atom is 2.00 e. The first-order chi connectivity index (χ1) is 12.8. The Bertz CT molecular complexity index is 700. The number of carbonyl (C=O) groups excluding carboxylic acids is 4. The Labute approximate surface area is 177 Å². The summed E-state index contributed by atoms with van der Waals surface area (Å²) in [6.45, 7) is 1.78. The molecule has 2 heterocycles. The van der Waals surface area contributed by atoms with Crippen molar-refractivity contribution in [3.05, 3.63) is 37.4 Å². The number of carbonyl (C=O) groups is 4. The van der Waals surface area contributed by atoms with Gasteiger partial charge in [-0.3, -0.25) is 0 Å². The van der Waals surface area contributed by atoms with Gasteiger partial charge in [-0.25, -0.2) is 18.3 Å². The minimum absolute atomic E-state index is 0. The molecule has 0 aliphatic heterocycles. The summed E-state index contributed by atoms with van der Waals surface area (Å²) in [4.78, 5) is 37.9. The molecule has 12 nitrogen and oxygen atoms in total. The first-order valence-electron chi connectivity index (χ1n) is 7.60. The van der Waals surface area contributed by atoms with Crippen LogP contribution in [0.3, 0.4) is 0 Å². The number of hydrogen-bond donors (Lipinski definition) is 0. The second kappa shape index (κ2) is 17.0. The molecular formula is C16H22CuN4O8. The molecule has 0 amide bonds. The van der Waals surface area contributed by atoms with Crippen molar-refractivity contribution in [2.75, 3.05) is 0 Å². The van der Waals surface area contributed by atoms with Gasteiger partial charge in [0.2, 0.25) is 12.7 Å². The molecule has 13 heteroatoms. The fraction of sp³-hybridized carbons (Fsp3) is 0.375. The monoisotopic (exact) mass is 461 g/mol. The van der Waals surface area contributed by atoms with E-state index in [1.165, 1.54) is 9.13 Å². The Morgan fingerprint density at radius 1 is 0.724 bits per heavy atom. The van der Waals surface area contributed by atoms with Crippen LogP contribution in [0.2, 0.25) is 0 Å². The van der Waals surface area contributed by atoms with E-state index in [1.54, 1.807) is 46.6 Å².